The van der Waals surface area contributed by atoms with Crippen molar-refractivity contribution in [2.45, 2.75) is 25.9 Å². The van der Waals surface area contributed by atoms with Crippen molar-refractivity contribution in [1.82, 2.24) is 14.7 Å². The van der Waals surface area contributed by atoms with E-state index < -0.39 is 0 Å². The number of carbonyl (C=O) groups excluding carboxylic acids is 1. The SMILES string of the molecule is [Ac].[NH-]c1ccc(CN2CCC(C(=O)N3CCN(Cc4cccc(Cl)c4)CC3)CC2)cc1. The summed E-state index contributed by atoms with van der Waals surface area (Å²) in [5.74, 6) is 0.506. The molecule has 4 rings (SSSR count). The van der Waals surface area contributed by atoms with Crippen molar-refractivity contribution < 1.29 is 48.9 Å². The predicted molar refractivity (Wildman–Crippen MR) is 122 cm³/mol. The minimum atomic E-state index is 0. The van der Waals surface area contributed by atoms with Crippen LogP contribution in [-0.4, -0.2) is 59.9 Å². The van der Waals surface area contributed by atoms with Crippen molar-refractivity contribution in [3.63, 3.8) is 0 Å². The number of halogens is 1. The van der Waals surface area contributed by atoms with Gasteiger partial charge in [-0.15, -0.1) is 5.69 Å². The number of piperazine rings is 1. The van der Waals surface area contributed by atoms with Crippen LogP contribution >= 0.6 is 11.6 Å². The Hall–Kier alpha value is -0.638. The van der Waals surface area contributed by atoms with Gasteiger partial charge in [0.1, 0.15) is 0 Å². The molecule has 7 heteroatoms. The number of hydrogen-bond acceptors (Lipinski definition) is 3. The molecule has 2 aliphatic heterocycles. The molecule has 2 aromatic carbocycles. The quantitative estimate of drug-likeness (QED) is 0.476. The first-order valence-corrected chi connectivity index (χ1v) is 11.2. The maximum absolute atomic E-state index is 13.0. The third-order valence-corrected chi connectivity index (χ3v) is 6.51. The summed E-state index contributed by atoms with van der Waals surface area (Å²) in [6, 6.07) is 15.8. The molecule has 0 unspecified atom stereocenters. The zero-order chi connectivity index (χ0) is 20.9. The monoisotopic (exact) mass is 652 g/mol. The fourth-order valence-corrected chi connectivity index (χ4v) is 4.70. The molecule has 0 atom stereocenters. The van der Waals surface area contributed by atoms with E-state index in [1.54, 1.807) is 0 Å². The van der Waals surface area contributed by atoms with E-state index in [0.29, 0.717) is 11.6 Å². The van der Waals surface area contributed by atoms with Crippen LogP contribution in [0.25, 0.3) is 5.73 Å². The molecule has 1 radical (unpaired) electrons. The Morgan fingerprint density at radius 3 is 2.13 bits per heavy atom. The summed E-state index contributed by atoms with van der Waals surface area (Å²) >= 11 is 6.09. The van der Waals surface area contributed by atoms with Crippen LogP contribution in [0.2, 0.25) is 5.02 Å². The van der Waals surface area contributed by atoms with Gasteiger partial charge in [-0.05, 0) is 49.2 Å². The van der Waals surface area contributed by atoms with E-state index in [4.69, 9.17) is 17.3 Å². The molecule has 0 saturated carbocycles. The van der Waals surface area contributed by atoms with Gasteiger partial charge in [-0.2, -0.15) is 0 Å². The minimum absolute atomic E-state index is 0. The zero-order valence-corrected chi connectivity index (χ0v) is 23.5. The maximum atomic E-state index is 13.0. The summed E-state index contributed by atoms with van der Waals surface area (Å²) < 4.78 is 0. The third-order valence-electron chi connectivity index (χ3n) is 6.28. The van der Waals surface area contributed by atoms with Crippen LogP contribution < -0.4 is 0 Å². The Morgan fingerprint density at radius 1 is 0.871 bits per heavy atom. The summed E-state index contributed by atoms with van der Waals surface area (Å²) in [5, 5.41) is 0.779. The first kappa shape index (κ1) is 25.0. The third kappa shape index (κ3) is 7.17. The molecule has 5 nitrogen and oxygen atoms in total. The first-order valence-electron chi connectivity index (χ1n) is 10.9. The van der Waals surface area contributed by atoms with Gasteiger partial charge in [0.05, 0.1) is 0 Å². The molecule has 2 aliphatic rings. The number of nitrogens with zero attached hydrogens (tertiary/aromatic N) is 3. The zero-order valence-electron chi connectivity index (χ0n) is 18.0. The Balaban J connectivity index is 0.00000272. The smallest absolute Gasteiger partial charge is 0.225 e. The van der Waals surface area contributed by atoms with Crippen LogP contribution in [0.4, 0.5) is 5.69 Å². The molecule has 163 valence electrons. The molecule has 1 N–H and O–H groups in total. The number of nitrogens with one attached hydrogen (secondary N) is 1. The Kier molecular flexibility index (Phi) is 9.68. The number of carbonyl (C=O) groups is 1. The maximum Gasteiger partial charge on any atom is 0.225 e. The second kappa shape index (κ2) is 12.0. The fourth-order valence-electron chi connectivity index (χ4n) is 4.48. The van der Waals surface area contributed by atoms with Crippen LogP contribution in [0.5, 0.6) is 0 Å². The van der Waals surface area contributed by atoms with Gasteiger partial charge in [-0.3, -0.25) is 14.6 Å². The van der Waals surface area contributed by atoms with Crippen molar-refractivity contribution >= 4 is 23.2 Å². The minimum Gasteiger partial charge on any atom is -0.699 e. The van der Waals surface area contributed by atoms with E-state index >= 15 is 0 Å². The number of benzene rings is 2. The molecule has 2 saturated heterocycles. The van der Waals surface area contributed by atoms with Gasteiger partial charge in [-0.1, -0.05) is 48.0 Å². The molecule has 0 bridgehead atoms. The van der Waals surface area contributed by atoms with E-state index in [-0.39, 0.29) is 50.0 Å². The predicted octanol–water partition coefficient (Wildman–Crippen LogP) is 4.58. The molecule has 2 heterocycles. The van der Waals surface area contributed by atoms with Crippen molar-refractivity contribution in [2.24, 2.45) is 5.92 Å². The topological polar surface area (TPSA) is 50.6 Å². The molecule has 0 spiro atoms. The first-order chi connectivity index (χ1) is 14.6. The number of likely N-dealkylation sites (tertiary alicyclic amines) is 1. The van der Waals surface area contributed by atoms with Gasteiger partial charge < -0.3 is 10.6 Å². The second-order valence-electron chi connectivity index (χ2n) is 8.48. The summed E-state index contributed by atoms with van der Waals surface area (Å²) in [5.41, 5.74) is 10.6. The summed E-state index contributed by atoms with van der Waals surface area (Å²) in [4.78, 5) is 19.9. The Labute approximate surface area is 226 Å². The summed E-state index contributed by atoms with van der Waals surface area (Å²) in [6.07, 6.45) is 1.89. The molecular weight excluding hydrogens is 623 g/mol. The van der Waals surface area contributed by atoms with Crippen molar-refractivity contribution in [3.8, 4) is 0 Å². The Bertz CT molecular complexity index is 847. The van der Waals surface area contributed by atoms with E-state index in [2.05, 4.69) is 20.8 Å². The molecule has 1 amide bonds. The van der Waals surface area contributed by atoms with E-state index in [9.17, 15) is 4.79 Å². The van der Waals surface area contributed by atoms with Gasteiger partial charge in [-0.25, -0.2) is 0 Å². The standard InChI is InChI=1S/C24H30ClN4O.Ac/c25-22-3-1-2-20(16-22)18-28-12-14-29(15-13-28)24(30)21-8-10-27(11-9-21)17-19-4-6-23(26)7-5-19;/h1-7,16,21,26H,8-15,17-18H2;/q-1;. The Morgan fingerprint density at radius 2 is 1.48 bits per heavy atom. The van der Waals surface area contributed by atoms with Gasteiger partial charge in [0.25, 0.3) is 0 Å². The molecule has 31 heavy (non-hydrogen) atoms. The summed E-state index contributed by atoms with van der Waals surface area (Å²) in [6.45, 7) is 7.21. The average Bonchev–Trinajstić information content (AvgIpc) is 2.76. The van der Waals surface area contributed by atoms with Crippen LogP contribution in [0.3, 0.4) is 0 Å². The molecule has 2 fully saturated rings. The van der Waals surface area contributed by atoms with Gasteiger partial charge in [0, 0.05) is 94.3 Å². The number of amides is 1. The second-order valence-corrected chi connectivity index (χ2v) is 8.92. The fraction of sp³-hybridized carbons (Fsp3) is 0.458. The van der Waals surface area contributed by atoms with Gasteiger partial charge >= 0.3 is 0 Å². The average molecular weight is 653 g/mol. The van der Waals surface area contributed by atoms with Crippen molar-refractivity contribution in [3.05, 3.63) is 70.4 Å². The molecular formula is C24H30AcClN4O-. The number of rotatable bonds is 5. The van der Waals surface area contributed by atoms with E-state index in [1.807, 2.05) is 42.5 Å². The largest absolute Gasteiger partial charge is 0.699 e. The van der Waals surface area contributed by atoms with Crippen LogP contribution in [0.1, 0.15) is 24.0 Å². The summed E-state index contributed by atoms with van der Waals surface area (Å²) in [7, 11) is 0. The molecule has 0 aromatic heterocycles. The molecule has 2 aromatic rings. The van der Waals surface area contributed by atoms with Crippen LogP contribution in [-0.2, 0) is 17.9 Å². The van der Waals surface area contributed by atoms with Gasteiger partial charge in [0.15, 0.2) is 0 Å². The van der Waals surface area contributed by atoms with Gasteiger partial charge in [0.2, 0.25) is 5.91 Å². The van der Waals surface area contributed by atoms with Crippen LogP contribution in [0.15, 0.2) is 48.5 Å². The normalized spacial score (nSPS) is 18.5. The molecule has 0 aliphatic carbocycles. The number of piperidine rings is 1. The van der Waals surface area contributed by atoms with E-state index in [1.165, 1.54) is 11.1 Å². The van der Waals surface area contributed by atoms with Crippen molar-refractivity contribution in [2.75, 3.05) is 39.3 Å². The van der Waals surface area contributed by atoms with Crippen molar-refractivity contribution in [1.29, 1.82) is 0 Å². The number of hydrogen-bond donors (Lipinski definition) is 0. The van der Waals surface area contributed by atoms with E-state index in [0.717, 1.165) is 70.2 Å². The van der Waals surface area contributed by atoms with Crippen LogP contribution in [0, 0.1) is 50.0 Å².